The molecule has 1 aromatic heterocycles. The van der Waals surface area contributed by atoms with Gasteiger partial charge in [0.1, 0.15) is 5.75 Å². The van der Waals surface area contributed by atoms with Gasteiger partial charge in [0.05, 0.1) is 17.7 Å². The minimum absolute atomic E-state index is 0.444. The molecule has 3 rings (SSSR count). The zero-order valence-electron chi connectivity index (χ0n) is 12.3. The molecule has 0 radical (unpaired) electrons. The van der Waals surface area contributed by atoms with Crippen LogP contribution in [0.4, 0.5) is 0 Å². The predicted octanol–water partition coefficient (Wildman–Crippen LogP) is 3.25. The smallest absolute Gasteiger partial charge is 0.261 e. The van der Waals surface area contributed by atoms with E-state index < -0.39 is 5.54 Å². The highest BCUT2D eigenvalue weighted by Crippen LogP contribution is 2.35. The lowest BCUT2D eigenvalue weighted by atomic mass is 9.82. The summed E-state index contributed by atoms with van der Waals surface area (Å²) in [5, 5.41) is 4.12. The van der Waals surface area contributed by atoms with Crippen LogP contribution in [0.25, 0.3) is 11.5 Å². The van der Waals surface area contributed by atoms with E-state index in [1.54, 1.807) is 0 Å². The quantitative estimate of drug-likeness (QED) is 0.934. The molecule has 1 aromatic carbocycles. The number of nitrogens with two attached hydrogens (primary N) is 1. The molecule has 5 nitrogen and oxygen atoms in total. The maximum atomic E-state index is 6.45. The molecule has 21 heavy (non-hydrogen) atoms. The monoisotopic (exact) mass is 287 g/mol. The van der Waals surface area contributed by atoms with E-state index in [0.29, 0.717) is 18.3 Å². The van der Waals surface area contributed by atoms with Gasteiger partial charge in [-0.05, 0) is 31.9 Å². The molecule has 1 aliphatic rings. The van der Waals surface area contributed by atoms with Gasteiger partial charge >= 0.3 is 0 Å². The average Bonchev–Trinajstić information content (AvgIpc) is 2.99. The molecule has 0 bridgehead atoms. The normalized spacial score (nSPS) is 17.6. The molecule has 1 aliphatic carbocycles. The van der Waals surface area contributed by atoms with Gasteiger partial charge in [-0.25, -0.2) is 0 Å². The van der Waals surface area contributed by atoms with Crippen molar-refractivity contribution in [1.82, 2.24) is 10.1 Å². The summed E-state index contributed by atoms with van der Waals surface area (Å²) in [6.07, 6.45) is 5.31. The van der Waals surface area contributed by atoms with Gasteiger partial charge in [0.2, 0.25) is 0 Å². The maximum Gasteiger partial charge on any atom is 0.261 e. The Labute approximate surface area is 124 Å². The van der Waals surface area contributed by atoms with Crippen LogP contribution in [-0.4, -0.2) is 16.7 Å². The number of ether oxygens (including phenoxy) is 1. The molecule has 0 unspecified atom stereocenters. The SMILES string of the molecule is CCOc1ccccc1-c1nc(C2(N)CCCCC2)no1. The fourth-order valence-corrected chi connectivity index (χ4v) is 2.87. The standard InChI is InChI=1S/C16H21N3O2/c1-2-20-13-9-5-4-8-12(13)14-18-15(19-21-14)16(17)10-6-3-7-11-16/h4-5,8-9H,2-3,6-7,10-11,17H2,1H3. The van der Waals surface area contributed by atoms with Crippen LogP contribution in [-0.2, 0) is 5.54 Å². The third-order valence-corrected chi connectivity index (χ3v) is 4.03. The van der Waals surface area contributed by atoms with Crippen molar-refractivity contribution in [3.8, 4) is 17.2 Å². The summed E-state index contributed by atoms with van der Waals surface area (Å²) in [6.45, 7) is 2.55. The third kappa shape index (κ3) is 2.78. The summed E-state index contributed by atoms with van der Waals surface area (Å²) < 4.78 is 11.0. The molecule has 0 saturated heterocycles. The first kappa shape index (κ1) is 14.1. The lowest BCUT2D eigenvalue weighted by Gasteiger charge is -2.29. The first-order chi connectivity index (χ1) is 10.2. The maximum absolute atomic E-state index is 6.45. The minimum atomic E-state index is -0.444. The average molecular weight is 287 g/mol. The fraction of sp³-hybridized carbons (Fsp3) is 0.500. The lowest BCUT2D eigenvalue weighted by molar-refractivity contribution is 0.275. The molecule has 0 atom stereocenters. The summed E-state index contributed by atoms with van der Waals surface area (Å²) in [7, 11) is 0. The van der Waals surface area contributed by atoms with E-state index in [9.17, 15) is 0 Å². The fourth-order valence-electron chi connectivity index (χ4n) is 2.87. The molecular formula is C16H21N3O2. The molecule has 2 aromatic rings. The van der Waals surface area contributed by atoms with Gasteiger partial charge < -0.3 is 15.0 Å². The van der Waals surface area contributed by atoms with Crippen molar-refractivity contribution in [2.24, 2.45) is 5.73 Å². The van der Waals surface area contributed by atoms with Crippen molar-refractivity contribution in [3.63, 3.8) is 0 Å². The Hall–Kier alpha value is -1.88. The Bertz CT molecular complexity index is 603. The van der Waals surface area contributed by atoms with Gasteiger partial charge in [-0.1, -0.05) is 36.6 Å². The number of para-hydroxylation sites is 1. The second-order valence-corrected chi connectivity index (χ2v) is 5.57. The zero-order valence-corrected chi connectivity index (χ0v) is 12.3. The van der Waals surface area contributed by atoms with E-state index in [4.69, 9.17) is 15.0 Å². The summed E-state index contributed by atoms with van der Waals surface area (Å²) in [4.78, 5) is 4.54. The van der Waals surface area contributed by atoms with Crippen molar-refractivity contribution in [3.05, 3.63) is 30.1 Å². The second kappa shape index (κ2) is 5.85. The Balaban J connectivity index is 1.91. The van der Waals surface area contributed by atoms with Gasteiger partial charge in [0.25, 0.3) is 5.89 Å². The zero-order chi connectivity index (χ0) is 14.7. The molecule has 1 fully saturated rings. The molecule has 1 saturated carbocycles. The molecule has 112 valence electrons. The van der Waals surface area contributed by atoms with Gasteiger partial charge in [0.15, 0.2) is 5.82 Å². The topological polar surface area (TPSA) is 74.2 Å². The van der Waals surface area contributed by atoms with Crippen molar-refractivity contribution < 1.29 is 9.26 Å². The first-order valence-electron chi connectivity index (χ1n) is 7.58. The summed E-state index contributed by atoms with van der Waals surface area (Å²) in [5.41, 5.74) is 6.83. The third-order valence-electron chi connectivity index (χ3n) is 4.03. The van der Waals surface area contributed by atoms with Crippen LogP contribution in [0.5, 0.6) is 5.75 Å². The van der Waals surface area contributed by atoms with Crippen molar-refractivity contribution in [2.45, 2.75) is 44.6 Å². The van der Waals surface area contributed by atoms with Crippen LogP contribution < -0.4 is 10.5 Å². The molecule has 0 amide bonds. The van der Waals surface area contributed by atoms with Crippen LogP contribution in [0.2, 0.25) is 0 Å². The van der Waals surface area contributed by atoms with E-state index >= 15 is 0 Å². The minimum Gasteiger partial charge on any atom is -0.493 e. The highest BCUT2D eigenvalue weighted by Gasteiger charge is 2.34. The van der Waals surface area contributed by atoms with Crippen molar-refractivity contribution in [2.75, 3.05) is 6.61 Å². The van der Waals surface area contributed by atoms with Gasteiger partial charge in [0, 0.05) is 0 Å². The molecule has 0 aliphatic heterocycles. The predicted molar refractivity (Wildman–Crippen MR) is 79.9 cm³/mol. The molecular weight excluding hydrogens is 266 g/mol. The lowest BCUT2D eigenvalue weighted by Crippen LogP contribution is -2.39. The number of rotatable bonds is 4. The number of aromatic nitrogens is 2. The number of hydrogen-bond donors (Lipinski definition) is 1. The van der Waals surface area contributed by atoms with E-state index in [1.807, 2.05) is 31.2 Å². The number of benzene rings is 1. The molecule has 0 spiro atoms. The Kier molecular flexibility index (Phi) is 3.92. The summed E-state index contributed by atoms with van der Waals surface area (Å²) >= 11 is 0. The highest BCUT2D eigenvalue weighted by atomic mass is 16.5. The van der Waals surface area contributed by atoms with Crippen molar-refractivity contribution >= 4 is 0 Å². The van der Waals surface area contributed by atoms with E-state index in [2.05, 4.69) is 10.1 Å². The van der Waals surface area contributed by atoms with Crippen LogP contribution in [0.1, 0.15) is 44.9 Å². The largest absolute Gasteiger partial charge is 0.493 e. The highest BCUT2D eigenvalue weighted by molar-refractivity contribution is 5.62. The van der Waals surface area contributed by atoms with Crippen molar-refractivity contribution in [1.29, 1.82) is 0 Å². The van der Waals surface area contributed by atoms with Crippen LogP contribution in [0.15, 0.2) is 28.8 Å². The molecule has 2 N–H and O–H groups in total. The number of nitrogens with zero attached hydrogens (tertiary/aromatic N) is 2. The van der Waals surface area contributed by atoms with E-state index in [1.165, 1.54) is 6.42 Å². The summed E-state index contributed by atoms with van der Waals surface area (Å²) in [6, 6.07) is 7.69. The first-order valence-corrected chi connectivity index (χ1v) is 7.58. The van der Waals surface area contributed by atoms with Gasteiger partial charge in [-0.15, -0.1) is 0 Å². The number of hydrogen-bond acceptors (Lipinski definition) is 5. The molecule has 1 heterocycles. The van der Waals surface area contributed by atoms with Gasteiger partial charge in [-0.3, -0.25) is 0 Å². The summed E-state index contributed by atoms with van der Waals surface area (Å²) in [5.74, 6) is 1.85. The van der Waals surface area contributed by atoms with E-state index in [-0.39, 0.29) is 0 Å². The Morgan fingerprint density at radius 1 is 1.24 bits per heavy atom. The van der Waals surface area contributed by atoms with Crippen LogP contribution >= 0.6 is 0 Å². The van der Waals surface area contributed by atoms with Crippen LogP contribution in [0.3, 0.4) is 0 Å². The Morgan fingerprint density at radius 3 is 2.76 bits per heavy atom. The van der Waals surface area contributed by atoms with Gasteiger partial charge in [-0.2, -0.15) is 4.98 Å². The molecule has 5 heteroatoms. The Morgan fingerprint density at radius 2 is 2.00 bits per heavy atom. The van der Waals surface area contributed by atoms with Crippen LogP contribution in [0, 0.1) is 0 Å². The second-order valence-electron chi connectivity index (χ2n) is 5.57. The van der Waals surface area contributed by atoms with E-state index in [0.717, 1.165) is 37.0 Å².